The van der Waals surface area contributed by atoms with Crippen molar-refractivity contribution in [2.24, 2.45) is 5.92 Å². The third-order valence-electron chi connectivity index (χ3n) is 4.20. The standard InChI is InChI=1S/C22H33N/c1-6-9-20(10-7-2)11-12-21-13-15-22(16-14-21)19(4)18-23(5)17-8-3/h6-7,9-13,15,19H,1,8,14,16-18H2,2-5H3/b10-7-,12-11+,20-9+. The summed E-state index contributed by atoms with van der Waals surface area (Å²) >= 11 is 0. The van der Waals surface area contributed by atoms with Gasteiger partial charge in [0.2, 0.25) is 0 Å². The molecular formula is C22H33N. The van der Waals surface area contributed by atoms with E-state index in [4.69, 9.17) is 0 Å². The summed E-state index contributed by atoms with van der Waals surface area (Å²) in [5.41, 5.74) is 4.18. The fourth-order valence-corrected chi connectivity index (χ4v) is 2.98. The molecule has 0 amide bonds. The quantitative estimate of drug-likeness (QED) is 0.482. The van der Waals surface area contributed by atoms with Crippen LogP contribution in [0.3, 0.4) is 0 Å². The average molecular weight is 312 g/mol. The Hall–Kier alpha value is -1.60. The van der Waals surface area contributed by atoms with Gasteiger partial charge in [-0.05, 0) is 56.8 Å². The molecule has 0 heterocycles. The van der Waals surface area contributed by atoms with Crippen molar-refractivity contribution in [1.82, 2.24) is 4.90 Å². The van der Waals surface area contributed by atoms with Crippen molar-refractivity contribution >= 4 is 0 Å². The maximum Gasteiger partial charge on any atom is 0.00414 e. The first-order valence-corrected chi connectivity index (χ1v) is 8.82. The second kappa shape index (κ2) is 11.0. The van der Waals surface area contributed by atoms with Crippen molar-refractivity contribution in [3.63, 3.8) is 0 Å². The molecule has 0 aromatic carbocycles. The van der Waals surface area contributed by atoms with Crippen molar-refractivity contribution in [2.75, 3.05) is 20.1 Å². The third kappa shape index (κ3) is 7.47. The van der Waals surface area contributed by atoms with Gasteiger partial charge < -0.3 is 4.90 Å². The Kier molecular flexibility index (Phi) is 9.31. The van der Waals surface area contributed by atoms with Gasteiger partial charge in [0, 0.05) is 6.54 Å². The van der Waals surface area contributed by atoms with Gasteiger partial charge in [0.15, 0.2) is 0 Å². The minimum Gasteiger partial charge on any atom is -0.306 e. The Morgan fingerprint density at radius 2 is 2.09 bits per heavy atom. The lowest BCUT2D eigenvalue weighted by atomic mass is 9.89. The molecule has 0 radical (unpaired) electrons. The van der Waals surface area contributed by atoms with Gasteiger partial charge in [-0.2, -0.15) is 0 Å². The van der Waals surface area contributed by atoms with Crippen LogP contribution in [0.15, 0.2) is 71.9 Å². The van der Waals surface area contributed by atoms with Gasteiger partial charge in [-0.1, -0.05) is 74.6 Å². The first kappa shape index (κ1) is 19.4. The second-order valence-corrected chi connectivity index (χ2v) is 6.38. The highest BCUT2D eigenvalue weighted by molar-refractivity contribution is 5.39. The molecule has 0 aromatic heterocycles. The molecule has 126 valence electrons. The van der Waals surface area contributed by atoms with Crippen LogP contribution in [0.1, 0.15) is 40.0 Å². The molecule has 1 aliphatic carbocycles. The molecule has 1 atom stereocenters. The first-order chi connectivity index (χ1) is 11.1. The van der Waals surface area contributed by atoms with Crippen LogP contribution >= 0.6 is 0 Å². The highest BCUT2D eigenvalue weighted by Crippen LogP contribution is 2.25. The van der Waals surface area contributed by atoms with Gasteiger partial charge in [0.1, 0.15) is 0 Å². The van der Waals surface area contributed by atoms with Crippen molar-refractivity contribution in [3.05, 3.63) is 71.9 Å². The maximum atomic E-state index is 3.77. The monoisotopic (exact) mass is 311 g/mol. The molecule has 1 nitrogen and oxygen atoms in total. The van der Waals surface area contributed by atoms with E-state index in [1.807, 2.05) is 19.1 Å². The number of allylic oxidation sites excluding steroid dienone is 10. The van der Waals surface area contributed by atoms with Crippen LogP contribution in [0.25, 0.3) is 0 Å². The van der Waals surface area contributed by atoms with E-state index in [0.717, 1.165) is 13.0 Å². The lowest BCUT2D eigenvalue weighted by Crippen LogP contribution is -2.26. The molecule has 0 spiro atoms. The topological polar surface area (TPSA) is 3.24 Å². The van der Waals surface area contributed by atoms with Crippen LogP contribution in [-0.2, 0) is 0 Å². The molecule has 0 bridgehead atoms. The van der Waals surface area contributed by atoms with E-state index < -0.39 is 0 Å². The maximum absolute atomic E-state index is 3.77. The summed E-state index contributed by atoms with van der Waals surface area (Å²) in [6, 6.07) is 0. The fourth-order valence-electron chi connectivity index (χ4n) is 2.98. The predicted molar refractivity (Wildman–Crippen MR) is 105 cm³/mol. The molecule has 0 N–H and O–H groups in total. The normalized spacial score (nSPS) is 17.7. The third-order valence-corrected chi connectivity index (χ3v) is 4.20. The summed E-state index contributed by atoms with van der Waals surface area (Å²) in [6.45, 7) is 12.7. The van der Waals surface area contributed by atoms with Gasteiger partial charge >= 0.3 is 0 Å². The Labute approximate surface area is 143 Å². The summed E-state index contributed by atoms with van der Waals surface area (Å²) < 4.78 is 0. The Balaban J connectivity index is 2.66. The molecule has 0 aliphatic heterocycles. The van der Waals surface area contributed by atoms with Crippen LogP contribution < -0.4 is 0 Å². The molecule has 23 heavy (non-hydrogen) atoms. The Morgan fingerprint density at radius 3 is 2.65 bits per heavy atom. The molecule has 1 heteroatoms. The van der Waals surface area contributed by atoms with Gasteiger partial charge in [-0.3, -0.25) is 0 Å². The predicted octanol–water partition coefficient (Wildman–Crippen LogP) is 5.86. The number of hydrogen-bond donors (Lipinski definition) is 0. The molecule has 1 rings (SSSR count). The Bertz CT molecular complexity index is 514. The Morgan fingerprint density at radius 1 is 1.30 bits per heavy atom. The highest BCUT2D eigenvalue weighted by atomic mass is 15.1. The molecule has 0 fully saturated rings. The first-order valence-electron chi connectivity index (χ1n) is 8.82. The fraction of sp³-hybridized carbons (Fsp3) is 0.455. The van der Waals surface area contributed by atoms with Crippen molar-refractivity contribution in [2.45, 2.75) is 40.0 Å². The SMILES string of the molecule is C=C/C=C(\C=C/C)/C=C/C1=CC=C(C(C)CN(C)CCC)CC1. The summed E-state index contributed by atoms with van der Waals surface area (Å²) in [7, 11) is 2.22. The van der Waals surface area contributed by atoms with Crippen LogP contribution in [0.5, 0.6) is 0 Å². The zero-order valence-corrected chi connectivity index (χ0v) is 15.4. The van der Waals surface area contributed by atoms with Gasteiger partial charge in [0.25, 0.3) is 0 Å². The van der Waals surface area contributed by atoms with Crippen LogP contribution in [0.4, 0.5) is 0 Å². The minimum atomic E-state index is 0.646. The van der Waals surface area contributed by atoms with Crippen molar-refractivity contribution in [1.29, 1.82) is 0 Å². The molecule has 0 saturated carbocycles. The smallest absolute Gasteiger partial charge is 0.00414 e. The van der Waals surface area contributed by atoms with Crippen molar-refractivity contribution in [3.8, 4) is 0 Å². The van der Waals surface area contributed by atoms with Gasteiger partial charge in [-0.15, -0.1) is 0 Å². The highest BCUT2D eigenvalue weighted by Gasteiger charge is 2.13. The zero-order valence-electron chi connectivity index (χ0n) is 15.4. The zero-order chi connectivity index (χ0) is 17.1. The summed E-state index contributed by atoms with van der Waals surface area (Å²) in [4.78, 5) is 2.44. The van der Waals surface area contributed by atoms with Crippen LogP contribution in [-0.4, -0.2) is 25.0 Å². The van der Waals surface area contributed by atoms with E-state index in [9.17, 15) is 0 Å². The second-order valence-electron chi connectivity index (χ2n) is 6.38. The van der Waals surface area contributed by atoms with Gasteiger partial charge in [0.05, 0.1) is 0 Å². The van der Waals surface area contributed by atoms with Crippen LogP contribution in [0, 0.1) is 5.92 Å². The van der Waals surface area contributed by atoms with E-state index in [1.165, 1.54) is 30.5 Å². The number of hydrogen-bond acceptors (Lipinski definition) is 1. The molecule has 1 unspecified atom stereocenters. The number of nitrogens with zero attached hydrogens (tertiary/aromatic N) is 1. The largest absolute Gasteiger partial charge is 0.306 e. The van der Waals surface area contributed by atoms with E-state index in [0.29, 0.717) is 5.92 Å². The van der Waals surface area contributed by atoms with Gasteiger partial charge in [-0.25, -0.2) is 0 Å². The summed E-state index contributed by atoms with van der Waals surface area (Å²) in [6.07, 6.45) is 20.6. The minimum absolute atomic E-state index is 0.646. The molecule has 0 aromatic rings. The van der Waals surface area contributed by atoms with Crippen molar-refractivity contribution < 1.29 is 0 Å². The summed E-state index contributed by atoms with van der Waals surface area (Å²) in [5, 5.41) is 0. The molecular weight excluding hydrogens is 278 g/mol. The molecule has 0 saturated heterocycles. The average Bonchev–Trinajstić information content (AvgIpc) is 2.53. The van der Waals surface area contributed by atoms with Crippen LogP contribution in [0.2, 0.25) is 0 Å². The number of rotatable bonds is 9. The van der Waals surface area contributed by atoms with E-state index in [1.54, 1.807) is 5.57 Å². The van der Waals surface area contributed by atoms with E-state index >= 15 is 0 Å². The molecule has 1 aliphatic rings. The summed E-state index contributed by atoms with van der Waals surface area (Å²) in [5.74, 6) is 0.646. The van der Waals surface area contributed by atoms with E-state index in [2.05, 4.69) is 68.8 Å². The lowest BCUT2D eigenvalue weighted by molar-refractivity contribution is 0.300. The lowest BCUT2D eigenvalue weighted by Gasteiger charge is -2.24. The van der Waals surface area contributed by atoms with E-state index in [-0.39, 0.29) is 0 Å².